The van der Waals surface area contributed by atoms with E-state index in [1.807, 2.05) is 0 Å². The summed E-state index contributed by atoms with van der Waals surface area (Å²) >= 11 is 0.467. The van der Waals surface area contributed by atoms with E-state index in [4.69, 9.17) is 19.3 Å². The number of nitrogens with one attached hydrogen (secondary N) is 1. The highest BCUT2D eigenvalue weighted by molar-refractivity contribution is 8.54. The molecular formula is C12H24NO7PS. The zero-order valence-corrected chi connectivity index (χ0v) is 14.9. The summed E-state index contributed by atoms with van der Waals surface area (Å²) in [6.45, 7) is 2.76. The van der Waals surface area contributed by atoms with E-state index in [0.29, 0.717) is 11.4 Å². The van der Waals surface area contributed by atoms with Gasteiger partial charge >= 0.3 is 18.7 Å². The van der Waals surface area contributed by atoms with Crippen LogP contribution in [0.15, 0.2) is 0 Å². The molecule has 0 bridgehead atoms. The van der Waals surface area contributed by atoms with Crippen molar-refractivity contribution in [2.45, 2.75) is 52.4 Å². The molecule has 0 radical (unpaired) electrons. The van der Waals surface area contributed by atoms with Crippen LogP contribution in [0.1, 0.15) is 34.1 Å². The fourth-order valence-electron chi connectivity index (χ4n) is 1.43. The molecule has 1 atom stereocenters. The molecule has 0 aromatic carbocycles. The quantitative estimate of drug-likeness (QED) is 0.299. The second-order valence-electron chi connectivity index (χ2n) is 5.06. The summed E-state index contributed by atoms with van der Waals surface area (Å²) in [6.07, 6.45) is -0.827. The Morgan fingerprint density at radius 1 is 1.14 bits per heavy atom. The maximum Gasteiger partial charge on any atom is 0.384 e. The lowest BCUT2D eigenvalue weighted by molar-refractivity contribution is -0.156. The maximum absolute atomic E-state index is 11.9. The third-order valence-electron chi connectivity index (χ3n) is 2.13. The fourth-order valence-corrected chi connectivity index (χ4v) is 2.86. The van der Waals surface area contributed by atoms with Crippen molar-refractivity contribution in [3.05, 3.63) is 0 Å². The summed E-state index contributed by atoms with van der Waals surface area (Å²) in [6, 6.07) is -0.911. The molecule has 0 aromatic rings. The summed E-state index contributed by atoms with van der Waals surface area (Å²) in [4.78, 5) is 41.0. The van der Waals surface area contributed by atoms with Gasteiger partial charge in [0.25, 0.3) is 0 Å². The fraction of sp³-hybridized carbons (Fsp3) is 0.833. The van der Waals surface area contributed by atoms with Crippen LogP contribution in [0, 0.1) is 0 Å². The Bertz CT molecular complexity index is 410. The highest BCUT2D eigenvalue weighted by Crippen LogP contribution is 2.49. The molecule has 3 N–H and O–H groups in total. The molecule has 10 heteroatoms. The molecule has 0 amide bonds. The SMILES string of the molecule is CC(C)OC(=O)CC(NCCSP(=O)(O)O)C(=O)OC(C)C. The van der Waals surface area contributed by atoms with Crippen LogP contribution < -0.4 is 5.32 Å². The molecule has 8 nitrogen and oxygen atoms in total. The normalized spacial score (nSPS) is 13.3. The van der Waals surface area contributed by atoms with Crippen LogP contribution >= 0.6 is 18.2 Å². The van der Waals surface area contributed by atoms with Crippen LogP contribution in [0.5, 0.6) is 0 Å². The van der Waals surface area contributed by atoms with Crippen molar-refractivity contribution in [1.29, 1.82) is 0 Å². The number of hydrogen-bond acceptors (Lipinski definition) is 7. The van der Waals surface area contributed by atoms with E-state index in [1.165, 1.54) is 0 Å². The number of carbonyl (C=O) groups is 2. The molecular weight excluding hydrogens is 333 g/mol. The highest BCUT2D eigenvalue weighted by atomic mass is 32.7. The lowest BCUT2D eigenvalue weighted by atomic mass is 10.2. The smallest absolute Gasteiger partial charge is 0.384 e. The van der Waals surface area contributed by atoms with E-state index in [0.717, 1.165) is 0 Å². The first kappa shape index (κ1) is 21.4. The zero-order valence-electron chi connectivity index (χ0n) is 13.1. The maximum atomic E-state index is 11.9. The number of ether oxygens (including phenoxy) is 2. The van der Waals surface area contributed by atoms with Gasteiger partial charge in [0.2, 0.25) is 0 Å². The summed E-state index contributed by atoms with van der Waals surface area (Å²) in [7, 11) is 0. The van der Waals surface area contributed by atoms with Crippen molar-refractivity contribution < 1.29 is 33.4 Å². The van der Waals surface area contributed by atoms with Gasteiger partial charge in [-0.1, -0.05) is 0 Å². The Kier molecular flexibility index (Phi) is 9.95. The number of rotatable bonds is 10. The second-order valence-corrected chi connectivity index (χ2v) is 8.91. The highest BCUT2D eigenvalue weighted by Gasteiger charge is 2.25. The van der Waals surface area contributed by atoms with Gasteiger partial charge < -0.3 is 24.6 Å². The van der Waals surface area contributed by atoms with Gasteiger partial charge in [-0.05, 0) is 39.1 Å². The number of esters is 2. The Morgan fingerprint density at radius 2 is 1.68 bits per heavy atom. The van der Waals surface area contributed by atoms with Gasteiger partial charge in [-0.2, -0.15) is 0 Å². The van der Waals surface area contributed by atoms with Gasteiger partial charge in [0.15, 0.2) is 0 Å². The van der Waals surface area contributed by atoms with Crippen molar-refractivity contribution in [2.24, 2.45) is 0 Å². The largest absolute Gasteiger partial charge is 0.463 e. The topological polar surface area (TPSA) is 122 Å². The van der Waals surface area contributed by atoms with E-state index < -0.39 is 24.8 Å². The minimum absolute atomic E-state index is 0.0922. The first-order valence-electron chi connectivity index (χ1n) is 6.84. The molecule has 0 aromatic heterocycles. The summed E-state index contributed by atoms with van der Waals surface area (Å²) < 4.78 is 20.7. The van der Waals surface area contributed by atoms with E-state index in [2.05, 4.69) is 5.32 Å². The Hall–Kier alpha value is -0.600. The van der Waals surface area contributed by atoms with Gasteiger partial charge in [-0.25, -0.2) is 4.57 Å². The van der Waals surface area contributed by atoms with Gasteiger partial charge in [0.1, 0.15) is 6.04 Å². The Morgan fingerprint density at radius 3 is 2.14 bits per heavy atom. The predicted molar refractivity (Wildman–Crippen MR) is 83.4 cm³/mol. The molecule has 0 aliphatic carbocycles. The van der Waals surface area contributed by atoms with E-state index in [9.17, 15) is 14.2 Å². The average molecular weight is 357 g/mol. The molecule has 0 saturated heterocycles. The van der Waals surface area contributed by atoms with Crippen LogP contribution in [-0.2, 0) is 23.6 Å². The van der Waals surface area contributed by atoms with Crippen molar-refractivity contribution >= 4 is 30.1 Å². The minimum atomic E-state index is -4.15. The minimum Gasteiger partial charge on any atom is -0.463 e. The van der Waals surface area contributed by atoms with Crippen molar-refractivity contribution in [3.63, 3.8) is 0 Å². The third-order valence-corrected chi connectivity index (χ3v) is 4.41. The molecule has 0 heterocycles. The van der Waals surface area contributed by atoms with Crippen molar-refractivity contribution in [1.82, 2.24) is 5.32 Å². The van der Waals surface area contributed by atoms with E-state index in [-0.39, 0.29) is 30.9 Å². The zero-order chi connectivity index (χ0) is 17.3. The van der Waals surface area contributed by atoms with Crippen molar-refractivity contribution in [2.75, 3.05) is 12.3 Å². The Labute approximate surface area is 134 Å². The molecule has 0 aliphatic rings. The third kappa shape index (κ3) is 12.0. The van der Waals surface area contributed by atoms with Gasteiger partial charge in [0.05, 0.1) is 18.6 Å². The van der Waals surface area contributed by atoms with Gasteiger partial charge in [-0.15, -0.1) is 0 Å². The predicted octanol–water partition coefficient (Wildman–Crippen LogP) is 1.06. The van der Waals surface area contributed by atoms with Crippen LogP contribution in [0.25, 0.3) is 0 Å². The standard InChI is InChI=1S/C12H24NO7PS/c1-8(2)19-11(14)7-10(12(15)20-9(3)4)13-5-6-22-21(16,17)18/h8-10,13H,5-7H2,1-4H3,(H2,16,17,18). The molecule has 0 saturated carbocycles. The average Bonchev–Trinajstić information content (AvgIpc) is 2.29. The molecule has 22 heavy (non-hydrogen) atoms. The summed E-state index contributed by atoms with van der Waals surface area (Å²) in [5, 5.41) is 2.76. The van der Waals surface area contributed by atoms with Crippen LogP contribution in [0.2, 0.25) is 0 Å². The molecule has 130 valence electrons. The molecule has 0 rings (SSSR count). The Balaban J connectivity index is 4.49. The number of carbonyl (C=O) groups excluding carboxylic acids is 2. The van der Waals surface area contributed by atoms with Crippen LogP contribution in [0.3, 0.4) is 0 Å². The van der Waals surface area contributed by atoms with E-state index >= 15 is 0 Å². The lowest BCUT2D eigenvalue weighted by Crippen LogP contribution is -2.42. The first-order chi connectivity index (χ1) is 10.0. The summed E-state index contributed by atoms with van der Waals surface area (Å²) in [5.74, 6) is -1.05. The second kappa shape index (κ2) is 10.2. The molecule has 0 aliphatic heterocycles. The lowest BCUT2D eigenvalue weighted by Gasteiger charge is -2.19. The van der Waals surface area contributed by atoms with Gasteiger partial charge in [0, 0.05) is 12.3 Å². The molecule has 0 fully saturated rings. The van der Waals surface area contributed by atoms with E-state index in [1.54, 1.807) is 27.7 Å². The summed E-state index contributed by atoms with van der Waals surface area (Å²) in [5.41, 5.74) is 0. The molecule has 1 unspecified atom stereocenters. The first-order valence-corrected chi connectivity index (χ1v) is 10.0. The van der Waals surface area contributed by atoms with Crippen LogP contribution in [0.4, 0.5) is 0 Å². The monoisotopic (exact) mass is 357 g/mol. The number of hydrogen-bond donors (Lipinski definition) is 3. The van der Waals surface area contributed by atoms with Crippen LogP contribution in [-0.4, -0.2) is 52.3 Å². The molecule has 0 spiro atoms. The van der Waals surface area contributed by atoms with Gasteiger partial charge in [-0.3, -0.25) is 9.59 Å². The van der Waals surface area contributed by atoms with Crippen molar-refractivity contribution in [3.8, 4) is 0 Å².